The van der Waals surface area contributed by atoms with Gasteiger partial charge in [-0.1, -0.05) is 97.1 Å². The normalized spacial score (nSPS) is 11.2. The maximum Gasteiger partial charge on any atom is 0.0339 e. The molecule has 0 spiro atoms. The molecule has 3 rings (SSSR count). The molecule has 3 aromatic rings. The molecule has 0 bridgehead atoms. The van der Waals surface area contributed by atoms with Gasteiger partial charge in [-0.05, 0) is 29.2 Å². The highest BCUT2D eigenvalue weighted by molar-refractivity contribution is 5.51. The van der Waals surface area contributed by atoms with Crippen LogP contribution in [0.2, 0.25) is 0 Å². The van der Waals surface area contributed by atoms with Crippen molar-refractivity contribution in [2.24, 2.45) is 0 Å². The summed E-state index contributed by atoms with van der Waals surface area (Å²) in [5.41, 5.74) is 5.22. The van der Waals surface area contributed by atoms with Gasteiger partial charge in [0.25, 0.3) is 0 Å². The van der Waals surface area contributed by atoms with E-state index >= 15 is 0 Å². The van der Waals surface area contributed by atoms with Crippen LogP contribution < -0.4 is 0 Å². The molecule has 0 N–H and O–H groups in total. The minimum absolute atomic E-state index is 0.280. The molecule has 22 heavy (non-hydrogen) atoms. The predicted molar refractivity (Wildman–Crippen MR) is 95.0 cm³/mol. The van der Waals surface area contributed by atoms with Crippen LogP contribution in [0.5, 0.6) is 0 Å². The highest BCUT2D eigenvalue weighted by Gasteiger charge is 2.15. The maximum atomic E-state index is 2.24. The van der Waals surface area contributed by atoms with Crippen molar-refractivity contribution in [3.8, 4) is 0 Å². The number of benzene rings is 3. The summed E-state index contributed by atoms with van der Waals surface area (Å²) in [7, 11) is 0. The van der Waals surface area contributed by atoms with Crippen molar-refractivity contribution in [3.05, 3.63) is 113 Å². The fraction of sp³-hybridized carbons (Fsp3) is 0.0909. The second-order valence-electron chi connectivity index (χ2n) is 5.42. The Kier molecular flexibility index (Phi) is 4.50. The SMILES string of the molecule is C/C=C/c1ccc(C(c2ccccc2)c2ccccc2)cc1. The van der Waals surface area contributed by atoms with Gasteiger partial charge >= 0.3 is 0 Å². The fourth-order valence-electron chi connectivity index (χ4n) is 2.86. The third kappa shape index (κ3) is 3.17. The molecule has 0 nitrogen and oxygen atoms in total. The summed E-state index contributed by atoms with van der Waals surface area (Å²) < 4.78 is 0. The lowest BCUT2D eigenvalue weighted by atomic mass is 9.85. The van der Waals surface area contributed by atoms with Crippen molar-refractivity contribution in [3.63, 3.8) is 0 Å². The maximum absolute atomic E-state index is 2.24. The highest BCUT2D eigenvalue weighted by atomic mass is 14.2. The van der Waals surface area contributed by atoms with Crippen LogP contribution in [0.25, 0.3) is 6.08 Å². The van der Waals surface area contributed by atoms with Gasteiger partial charge < -0.3 is 0 Å². The van der Waals surface area contributed by atoms with Crippen LogP contribution in [0.4, 0.5) is 0 Å². The molecule has 0 heterocycles. The average Bonchev–Trinajstić information content (AvgIpc) is 2.59. The third-order valence-corrected chi connectivity index (χ3v) is 3.89. The lowest BCUT2D eigenvalue weighted by molar-refractivity contribution is 0.977. The van der Waals surface area contributed by atoms with Gasteiger partial charge in [0, 0.05) is 5.92 Å². The molecule has 0 aromatic heterocycles. The Morgan fingerprint density at radius 2 is 1.05 bits per heavy atom. The number of rotatable bonds is 4. The summed E-state index contributed by atoms with van der Waals surface area (Å²) in [5, 5.41) is 0. The topological polar surface area (TPSA) is 0 Å². The zero-order valence-corrected chi connectivity index (χ0v) is 12.8. The van der Waals surface area contributed by atoms with Gasteiger partial charge in [0.2, 0.25) is 0 Å². The minimum atomic E-state index is 0.280. The second-order valence-corrected chi connectivity index (χ2v) is 5.42. The van der Waals surface area contributed by atoms with Crippen LogP contribution in [-0.2, 0) is 0 Å². The van der Waals surface area contributed by atoms with Gasteiger partial charge in [-0.2, -0.15) is 0 Å². The Labute approximate surface area is 132 Å². The molecule has 0 atom stereocenters. The molecular weight excluding hydrogens is 264 g/mol. The Morgan fingerprint density at radius 3 is 1.50 bits per heavy atom. The molecule has 0 fully saturated rings. The summed E-state index contributed by atoms with van der Waals surface area (Å²) in [6.07, 6.45) is 4.20. The molecule has 0 aliphatic carbocycles. The van der Waals surface area contributed by atoms with Gasteiger partial charge in [0.1, 0.15) is 0 Å². The summed E-state index contributed by atoms with van der Waals surface area (Å²) in [5.74, 6) is 0.280. The minimum Gasteiger partial charge on any atom is -0.0871 e. The van der Waals surface area contributed by atoms with Crippen molar-refractivity contribution in [1.82, 2.24) is 0 Å². The summed E-state index contributed by atoms with van der Waals surface area (Å²) in [6.45, 7) is 2.05. The van der Waals surface area contributed by atoms with Gasteiger partial charge in [-0.25, -0.2) is 0 Å². The summed E-state index contributed by atoms with van der Waals surface area (Å²) >= 11 is 0. The van der Waals surface area contributed by atoms with Crippen molar-refractivity contribution < 1.29 is 0 Å². The van der Waals surface area contributed by atoms with E-state index in [1.165, 1.54) is 22.3 Å². The zero-order chi connectivity index (χ0) is 15.2. The molecule has 3 aromatic carbocycles. The summed E-state index contributed by atoms with van der Waals surface area (Å²) in [6, 6.07) is 30.3. The van der Waals surface area contributed by atoms with Gasteiger partial charge in [0.05, 0.1) is 0 Å². The summed E-state index contributed by atoms with van der Waals surface area (Å²) in [4.78, 5) is 0. The van der Waals surface area contributed by atoms with E-state index < -0.39 is 0 Å². The lowest BCUT2D eigenvalue weighted by Crippen LogP contribution is -2.03. The second kappa shape index (κ2) is 6.91. The smallest absolute Gasteiger partial charge is 0.0339 e. The van der Waals surface area contributed by atoms with Crippen LogP contribution >= 0.6 is 0 Å². The third-order valence-electron chi connectivity index (χ3n) is 3.89. The van der Waals surface area contributed by atoms with E-state index in [-0.39, 0.29) is 5.92 Å². The first kappa shape index (κ1) is 14.3. The molecule has 0 aliphatic heterocycles. The predicted octanol–water partition coefficient (Wildman–Crippen LogP) is 5.90. The Morgan fingerprint density at radius 1 is 0.591 bits per heavy atom. The van der Waals surface area contributed by atoms with E-state index in [1.807, 2.05) is 6.92 Å². The average molecular weight is 284 g/mol. The molecule has 0 saturated heterocycles. The zero-order valence-electron chi connectivity index (χ0n) is 12.8. The molecule has 0 heteroatoms. The number of allylic oxidation sites excluding steroid dienone is 1. The van der Waals surface area contributed by atoms with E-state index in [0.29, 0.717) is 0 Å². The van der Waals surface area contributed by atoms with Crippen LogP contribution in [0.1, 0.15) is 35.1 Å². The first-order valence-electron chi connectivity index (χ1n) is 7.71. The van der Waals surface area contributed by atoms with Crippen molar-refractivity contribution in [2.75, 3.05) is 0 Å². The molecule has 108 valence electrons. The van der Waals surface area contributed by atoms with Crippen molar-refractivity contribution >= 4 is 6.08 Å². The van der Waals surface area contributed by atoms with Crippen LogP contribution in [0, 0.1) is 0 Å². The first-order valence-corrected chi connectivity index (χ1v) is 7.71. The highest BCUT2D eigenvalue weighted by Crippen LogP contribution is 2.31. The molecule has 0 amide bonds. The quantitative estimate of drug-likeness (QED) is 0.523. The Balaban J connectivity index is 2.06. The standard InChI is InChI=1S/C22H20/c1-2-9-18-14-16-21(17-15-18)22(19-10-5-3-6-11-19)20-12-7-4-8-13-20/h2-17,22H,1H3/b9-2+. The van der Waals surface area contributed by atoms with Crippen LogP contribution in [0.15, 0.2) is 91.0 Å². The van der Waals surface area contributed by atoms with E-state index in [4.69, 9.17) is 0 Å². The monoisotopic (exact) mass is 284 g/mol. The molecular formula is C22H20. The van der Waals surface area contributed by atoms with Gasteiger partial charge in [-0.3, -0.25) is 0 Å². The van der Waals surface area contributed by atoms with E-state index in [0.717, 1.165) is 0 Å². The molecule has 0 saturated carbocycles. The fourth-order valence-corrected chi connectivity index (χ4v) is 2.86. The molecule has 0 radical (unpaired) electrons. The van der Waals surface area contributed by atoms with Crippen LogP contribution in [0.3, 0.4) is 0 Å². The molecule has 0 unspecified atom stereocenters. The van der Waals surface area contributed by atoms with Gasteiger partial charge in [-0.15, -0.1) is 0 Å². The number of hydrogen-bond donors (Lipinski definition) is 0. The Hall–Kier alpha value is -2.60. The van der Waals surface area contributed by atoms with Crippen LogP contribution in [-0.4, -0.2) is 0 Å². The van der Waals surface area contributed by atoms with Gasteiger partial charge in [0.15, 0.2) is 0 Å². The first-order chi connectivity index (χ1) is 10.9. The van der Waals surface area contributed by atoms with Crippen molar-refractivity contribution in [1.29, 1.82) is 0 Å². The largest absolute Gasteiger partial charge is 0.0871 e. The molecule has 0 aliphatic rings. The lowest BCUT2D eigenvalue weighted by Gasteiger charge is -2.19. The van der Waals surface area contributed by atoms with Crippen molar-refractivity contribution in [2.45, 2.75) is 12.8 Å². The van der Waals surface area contributed by atoms with E-state index in [2.05, 4.69) is 97.1 Å². The number of hydrogen-bond acceptors (Lipinski definition) is 0. The Bertz CT molecular complexity index is 683. The van der Waals surface area contributed by atoms with E-state index in [1.54, 1.807) is 0 Å². The van der Waals surface area contributed by atoms with E-state index in [9.17, 15) is 0 Å².